The fourth-order valence-electron chi connectivity index (χ4n) is 1.03. The highest BCUT2D eigenvalue weighted by molar-refractivity contribution is 5.91. The van der Waals surface area contributed by atoms with E-state index in [0.29, 0.717) is 5.69 Å². The summed E-state index contributed by atoms with van der Waals surface area (Å²) in [5.74, 6) is -0.399. The fraction of sp³-hybridized carbons (Fsp3) is 0.222. The molecule has 0 aliphatic heterocycles. The van der Waals surface area contributed by atoms with Crippen LogP contribution in [0, 0.1) is 18.3 Å². The average Bonchev–Trinajstić information content (AvgIpc) is 2.17. The van der Waals surface area contributed by atoms with Crippen molar-refractivity contribution in [3.05, 3.63) is 22.9 Å². The number of pyridine rings is 1. The smallest absolute Gasteiger partial charge is 0.339 e. The van der Waals surface area contributed by atoms with Gasteiger partial charge in [0, 0.05) is 0 Å². The number of esters is 1. The third kappa shape index (κ3) is 1.64. The van der Waals surface area contributed by atoms with Crippen molar-refractivity contribution < 1.29 is 9.53 Å². The molecule has 2 N–H and O–H groups in total. The number of hydrogen-bond donors (Lipinski definition) is 1. The molecule has 0 unspecified atom stereocenters. The van der Waals surface area contributed by atoms with Crippen molar-refractivity contribution in [2.75, 3.05) is 12.8 Å². The number of nitrogen functional groups attached to an aromatic ring is 1. The summed E-state index contributed by atoms with van der Waals surface area (Å²) in [6.07, 6.45) is 0. The van der Waals surface area contributed by atoms with Gasteiger partial charge in [-0.25, -0.2) is 9.78 Å². The molecule has 1 aromatic heterocycles. The Labute approximate surface area is 81.1 Å². The Morgan fingerprint density at radius 1 is 1.71 bits per heavy atom. The first kappa shape index (κ1) is 9.99. The van der Waals surface area contributed by atoms with Crippen LogP contribution in [0.25, 0.3) is 0 Å². The van der Waals surface area contributed by atoms with Crippen molar-refractivity contribution in [3.8, 4) is 6.07 Å². The molecule has 0 radical (unpaired) electrons. The summed E-state index contributed by atoms with van der Waals surface area (Å²) in [7, 11) is 1.27. The predicted molar refractivity (Wildman–Crippen MR) is 49.4 cm³/mol. The van der Waals surface area contributed by atoms with E-state index < -0.39 is 5.97 Å². The highest BCUT2D eigenvalue weighted by Gasteiger charge is 2.13. The van der Waals surface area contributed by atoms with E-state index in [4.69, 9.17) is 11.0 Å². The minimum absolute atomic E-state index is 0.123. The number of anilines is 1. The number of nitrogens with two attached hydrogens (primary N) is 1. The summed E-state index contributed by atoms with van der Waals surface area (Å²) >= 11 is 0. The molecule has 0 spiro atoms. The molecule has 0 saturated heterocycles. The number of rotatable bonds is 1. The predicted octanol–water partition coefficient (Wildman–Crippen LogP) is 0.630. The van der Waals surface area contributed by atoms with Crippen LogP contribution in [0.2, 0.25) is 0 Å². The van der Waals surface area contributed by atoms with Crippen LogP contribution in [-0.2, 0) is 4.74 Å². The van der Waals surface area contributed by atoms with Gasteiger partial charge in [0.1, 0.15) is 11.9 Å². The van der Waals surface area contributed by atoms with Crippen LogP contribution < -0.4 is 5.73 Å². The Balaban J connectivity index is 3.33. The molecule has 1 heterocycles. The van der Waals surface area contributed by atoms with Crippen molar-refractivity contribution in [1.29, 1.82) is 5.26 Å². The topological polar surface area (TPSA) is 89.0 Å². The van der Waals surface area contributed by atoms with E-state index >= 15 is 0 Å². The second-order valence-corrected chi connectivity index (χ2v) is 2.66. The number of carbonyl (C=O) groups excluding carboxylic acids is 1. The Hall–Kier alpha value is -2.09. The minimum atomic E-state index is -0.522. The van der Waals surface area contributed by atoms with E-state index in [9.17, 15) is 4.79 Å². The van der Waals surface area contributed by atoms with Gasteiger partial charge in [-0.1, -0.05) is 0 Å². The quantitative estimate of drug-likeness (QED) is 0.657. The zero-order valence-electron chi connectivity index (χ0n) is 7.87. The van der Waals surface area contributed by atoms with Gasteiger partial charge in [0.15, 0.2) is 0 Å². The normalized spacial score (nSPS) is 9.21. The number of methoxy groups -OCH3 is 1. The monoisotopic (exact) mass is 191 g/mol. The van der Waals surface area contributed by atoms with E-state index in [1.165, 1.54) is 13.2 Å². The third-order valence-corrected chi connectivity index (χ3v) is 1.77. The van der Waals surface area contributed by atoms with Gasteiger partial charge in [-0.2, -0.15) is 5.26 Å². The van der Waals surface area contributed by atoms with Gasteiger partial charge in [0.25, 0.3) is 0 Å². The lowest BCUT2D eigenvalue weighted by molar-refractivity contribution is 0.0599. The van der Waals surface area contributed by atoms with Crippen LogP contribution in [0.3, 0.4) is 0 Å². The standard InChI is InChI=1S/C9H9N3O2/c1-5-7(9(13)14-2)3-6(4-10)8(11)12-5/h3H,1-2H3,(H2,11,12). The maximum atomic E-state index is 11.2. The van der Waals surface area contributed by atoms with Crippen molar-refractivity contribution >= 4 is 11.8 Å². The van der Waals surface area contributed by atoms with E-state index in [0.717, 1.165) is 0 Å². The first-order chi connectivity index (χ1) is 6.60. The van der Waals surface area contributed by atoms with Crippen LogP contribution in [0.5, 0.6) is 0 Å². The van der Waals surface area contributed by atoms with Crippen LogP contribution in [0.15, 0.2) is 6.07 Å². The Morgan fingerprint density at radius 2 is 2.36 bits per heavy atom. The van der Waals surface area contributed by atoms with Crippen molar-refractivity contribution in [2.24, 2.45) is 0 Å². The van der Waals surface area contributed by atoms with Crippen LogP contribution in [-0.4, -0.2) is 18.1 Å². The molecule has 0 amide bonds. The van der Waals surface area contributed by atoms with E-state index in [2.05, 4.69) is 9.72 Å². The molecule has 0 bridgehead atoms. The SMILES string of the molecule is COC(=O)c1cc(C#N)c(N)nc1C. The van der Waals surface area contributed by atoms with Crippen LogP contribution >= 0.6 is 0 Å². The summed E-state index contributed by atoms with van der Waals surface area (Å²) in [5.41, 5.74) is 6.35. The largest absolute Gasteiger partial charge is 0.465 e. The van der Waals surface area contributed by atoms with E-state index in [-0.39, 0.29) is 16.9 Å². The molecular weight excluding hydrogens is 182 g/mol. The Kier molecular flexibility index (Phi) is 2.67. The lowest BCUT2D eigenvalue weighted by Gasteiger charge is -2.04. The maximum Gasteiger partial charge on any atom is 0.339 e. The van der Waals surface area contributed by atoms with Gasteiger partial charge in [0.2, 0.25) is 0 Å². The summed E-state index contributed by atoms with van der Waals surface area (Å²) in [6, 6.07) is 3.23. The molecule has 14 heavy (non-hydrogen) atoms. The third-order valence-electron chi connectivity index (χ3n) is 1.77. The first-order valence-electron chi connectivity index (χ1n) is 3.85. The summed E-state index contributed by atoms with van der Waals surface area (Å²) < 4.78 is 4.53. The van der Waals surface area contributed by atoms with Crippen molar-refractivity contribution in [2.45, 2.75) is 6.92 Å². The zero-order valence-corrected chi connectivity index (χ0v) is 7.87. The molecule has 5 nitrogen and oxygen atoms in total. The molecule has 5 heteroatoms. The highest BCUT2D eigenvalue weighted by atomic mass is 16.5. The molecule has 0 aromatic carbocycles. The van der Waals surface area contributed by atoms with Crippen molar-refractivity contribution in [1.82, 2.24) is 4.98 Å². The first-order valence-corrected chi connectivity index (χ1v) is 3.85. The van der Waals surface area contributed by atoms with Gasteiger partial charge >= 0.3 is 5.97 Å². The number of hydrogen-bond acceptors (Lipinski definition) is 5. The lowest BCUT2D eigenvalue weighted by atomic mass is 10.1. The molecule has 0 aliphatic rings. The second-order valence-electron chi connectivity index (χ2n) is 2.66. The van der Waals surface area contributed by atoms with Crippen molar-refractivity contribution in [3.63, 3.8) is 0 Å². The number of carbonyl (C=O) groups is 1. The Morgan fingerprint density at radius 3 is 2.86 bits per heavy atom. The number of nitrogens with zero attached hydrogens (tertiary/aromatic N) is 2. The minimum Gasteiger partial charge on any atom is -0.465 e. The zero-order chi connectivity index (χ0) is 10.7. The average molecular weight is 191 g/mol. The highest BCUT2D eigenvalue weighted by Crippen LogP contribution is 2.14. The number of ether oxygens (including phenoxy) is 1. The summed E-state index contributed by atoms with van der Waals surface area (Å²) in [4.78, 5) is 15.1. The van der Waals surface area contributed by atoms with Gasteiger partial charge in [-0.3, -0.25) is 0 Å². The van der Waals surface area contributed by atoms with Crippen LogP contribution in [0.4, 0.5) is 5.82 Å². The number of aryl methyl sites for hydroxylation is 1. The molecule has 0 saturated carbocycles. The van der Waals surface area contributed by atoms with E-state index in [1.807, 2.05) is 6.07 Å². The maximum absolute atomic E-state index is 11.2. The molecule has 72 valence electrons. The number of aromatic nitrogens is 1. The van der Waals surface area contributed by atoms with Gasteiger partial charge in [-0.05, 0) is 13.0 Å². The molecule has 1 aromatic rings. The summed E-state index contributed by atoms with van der Waals surface area (Å²) in [5, 5.41) is 8.67. The summed E-state index contributed by atoms with van der Waals surface area (Å²) in [6.45, 7) is 1.63. The fourth-order valence-corrected chi connectivity index (χ4v) is 1.03. The van der Waals surface area contributed by atoms with E-state index in [1.54, 1.807) is 6.92 Å². The van der Waals surface area contributed by atoms with Gasteiger partial charge in [0.05, 0.1) is 23.9 Å². The second kappa shape index (κ2) is 3.75. The molecule has 0 atom stereocenters. The molecule has 0 aliphatic carbocycles. The van der Waals surface area contributed by atoms with Crippen LogP contribution in [0.1, 0.15) is 21.6 Å². The van der Waals surface area contributed by atoms with Gasteiger partial charge < -0.3 is 10.5 Å². The number of nitriles is 1. The lowest BCUT2D eigenvalue weighted by Crippen LogP contribution is -2.08. The van der Waals surface area contributed by atoms with Gasteiger partial charge in [-0.15, -0.1) is 0 Å². The molecule has 0 fully saturated rings. The molecule has 1 rings (SSSR count). The molecular formula is C9H9N3O2. The Bertz CT molecular complexity index is 421.